The summed E-state index contributed by atoms with van der Waals surface area (Å²) in [4.78, 5) is 51.0. The second-order valence-corrected chi connectivity index (χ2v) is 8.27. The van der Waals surface area contributed by atoms with E-state index in [-0.39, 0.29) is 25.2 Å². The van der Waals surface area contributed by atoms with E-state index in [2.05, 4.69) is 15.6 Å². The van der Waals surface area contributed by atoms with Crippen LogP contribution in [-0.4, -0.2) is 51.9 Å². The molecule has 1 heterocycles. The maximum Gasteiger partial charge on any atom is 0.326 e. The third-order valence-electron chi connectivity index (χ3n) is 5.09. The second kappa shape index (κ2) is 11.3. The van der Waals surface area contributed by atoms with E-state index in [4.69, 9.17) is 11.5 Å². The molecule has 0 fully saturated rings. The average Bonchev–Trinajstić information content (AvgIpc) is 3.12. The summed E-state index contributed by atoms with van der Waals surface area (Å²) < 4.78 is 0. The smallest absolute Gasteiger partial charge is 0.326 e. The molecule has 0 aliphatic carbocycles. The summed E-state index contributed by atoms with van der Waals surface area (Å²) >= 11 is 0. The quantitative estimate of drug-likeness (QED) is 0.275. The van der Waals surface area contributed by atoms with Gasteiger partial charge >= 0.3 is 5.97 Å². The Morgan fingerprint density at radius 3 is 2.34 bits per heavy atom. The molecule has 1 aromatic carbocycles. The molecule has 0 aliphatic heterocycles. The molecule has 174 valence electrons. The molecule has 3 amide bonds. The highest BCUT2D eigenvalue weighted by Gasteiger charge is 2.29. The molecule has 0 aliphatic rings. The van der Waals surface area contributed by atoms with Gasteiger partial charge in [0.15, 0.2) is 0 Å². The molecule has 10 heteroatoms. The SMILES string of the molecule is CC(C)CC(NC(=O)C(N)Cc1c[nH]c2ccccc12)C(=O)NC(CCC(N)=O)C(=O)O. The van der Waals surface area contributed by atoms with Crippen LogP contribution < -0.4 is 22.1 Å². The number of carboxylic acid groups (broad SMARTS) is 1. The van der Waals surface area contributed by atoms with Crippen molar-refractivity contribution in [2.45, 2.75) is 57.7 Å². The highest BCUT2D eigenvalue weighted by molar-refractivity contribution is 5.92. The molecule has 10 nitrogen and oxygen atoms in total. The molecule has 3 unspecified atom stereocenters. The number of rotatable bonds is 12. The Morgan fingerprint density at radius 2 is 1.72 bits per heavy atom. The molecule has 8 N–H and O–H groups in total. The summed E-state index contributed by atoms with van der Waals surface area (Å²) in [5.41, 5.74) is 13.0. The number of carbonyl (C=O) groups is 4. The van der Waals surface area contributed by atoms with Crippen LogP contribution in [0.4, 0.5) is 0 Å². The Bertz CT molecular complexity index is 971. The van der Waals surface area contributed by atoms with Crippen molar-refractivity contribution in [3.8, 4) is 0 Å². The summed E-state index contributed by atoms with van der Waals surface area (Å²) in [5.74, 6) is -3.07. The molecular weight excluding hydrogens is 414 g/mol. The molecule has 2 rings (SSSR count). The minimum absolute atomic E-state index is 0.0461. The van der Waals surface area contributed by atoms with Crippen molar-refractivity contribution in [3.05, 3.63) is 36.0 Å². The summed E-state index contributed by atoms with van der Waals surface area (Å²) in [6.07, 6.45) is 2.03. The van der Waals surface area contributed by atoms with Gasteiger partial charge in [-0.15, -0.1) is 0 Å². The number of fused-ring (bicyclic) bond motifs is 1. The number of nitrogens with one attached hydrogen (secondary N) is 3. The van der Waals surface area contributed by atoms with Gasteiger partial charge in [-0.05, 0) is 36.8 Å². The number of primary amides is 1. The Kier molecular flexibility index (Phi) is 8.77. The molecular formula is C22H31N5O5. The maximum absolute atomic E-state index is 12.7. The van der Waals surface area contributed by atoms with Gasteiger partial charge in [0.2, 0.25) is 17.7 Å². The van der Waals surface area contributed by atoms with Crippen LogP contribution in [0.3, 0.4) is 0 Å². The second-order valence-electron chi connectivity index (χ2n) is 8.27. The van der Waals surface area contributed by atoms with Gasteiger partial charge in [0.25, 0.3) is 0 Å². The normalized spacial score (nSPS) is 14.0. The molecule has 0 saturated heterocycles. The average molecular weight is 446 g/mol. The van der Waals surface area contributed by atoms with Crippen molar-refractivity contribution in [3.63, 3.8) is 0 Å². The van der Waals surface area contributed by atoms with Gasteiger partial charge < -0.3 is 32.2 Å². The van der Waals surface area contributed by atoms with Crippen LogP contribution in [0.15, 0.2) is 30.5 Å². The lowest BCUT2D eigenvalue weighted by Gasteiger charge is -2.24. The van der Waals surface area contributed by atoms with E-state index in [9.17, 15) is 24.3 Å². The molecule has 2 aromatic rings. The monoisotopic (exact) mass is 445 g/mol. The summed E-state index contributed by atoms with van der Waals surface area (Å²) in [5, 5.41) is 15.3. The van der Waals surface area contributed by atoms with E-state index in [1.807, 2.05) is 38.1 Å². The maximum atomic E-state index is 12.7. The van der Waals surface area contributed by atoms with Gasteiger partial charge in [-0.25, -0.2) is 4.79 Å². The van der Waals surface area contributed by atoms with E-state index in [0.717, 1.165) is 16.5 Å². The number of nitrogens with two attached hydrogens (primary N) is 2. The van der Waals surface area contributed by atoms with Crippen molar-refractivity contribution < 1.29 is 24.3 Å². The van der Waals surface area contributed by atoms with Crippen molar-refractivity contribution >= 4 is 34.6 Å². The zero-order chi connectivity index (χ0) is 23.8. The summed E-state index contributed by atoms with van der Waals surface area (Å²) in [6, 6.07) is 4.49. The van der Waals surface area contributed by atoms with Gasteiger partial charge in [-0.1, -0.05) is 32.0 Å². The number of aromatic amines is 1. The van der Waals surface area contributed by atoms with Gasteiger partial charge in [0.1, 0.15) is 12.1 Å². The Balaban J connectivity index is 2.05. The van der Waals surface area contributed by atoms with Crippen LogP contribution in [0.2, 0.25) is 0 Å². The van der Waals surface area contributed by atoms with E-state index < -0.39 is 41.8 Å². The molecule has 3 atom stereocenters. The number of hydrogen-bond donors (Lipinski definition) is 6. The number of carbonyl (C=O) groups excluding carboxylic acids is 3. The highest BCUT2D eigenvalue weighted by atomic mass is 16.4. The molecule has 0 bridgehead atoms. The predicted molar refractivity (Wildman–Crippen MR) is 119 cm³/mol. The third kappa shape index (κ3) is 7.09. The highest BCUT2D eigenvalue weighted by Crippen LogP contribution is 2.19. The fourth-order valence-corrected chi connectivity index (χ4v) is 3.43. The van der Waals surface area contributed by atoms with Gasteiger partial charge in [-0.2, -0.15) is 0 Å². The number of para-hydroxylation sites is 1. The topological polar surface area (TPSA) is 180 Å². The van der Waals surface area contributed by atoms with Gasteiger partial charge in [-0.3, -0.25) is 14.4 Å². The van der Waals surface area contributed by atoms with E-state index in [1.165, 1.54) is 0 Å². The van der Waals surface area contributed by atoms with Crippen molar-refractivity contribution in [2.24, 2.45) is 17.4 Å². The first-order chi connectivity index (χ1) is 15.1. The zero-order valence-corrected chi connectivity index (χ0v) is 18.3. The van der Waals surface area contributed by atoms with E-state index >= 15 is 0 Å². The zero-order valence-electron chi connectivity index (χ0n) is 18.3. The van der Waals surface area contributed by atoms with E-state index in [1.54, 1.807) is 6.20 Å². The lowest BCUT2D eigenvalue weighted by molar-refractivity contribution is -0.142. The first kappa shape index (κ1) is 24.9. The Labute approximate surface area is 186 Å². The molecule has 0 spiro atoms. The van der Waals surface area contributed by atoms with Gasteiger partial charge in [0, 0.05) is 23.5 Å². The lowest BCUT2D eigenvalue weighted by atomic mass is 10.0. The number of amides is 3. The number of aromatic nitrogens is 1. The van der Waals surface area contributed by atoms with Crippen LogP contribution in [0.1, 0.15) is 38.7 Å². The predicted octanol–water partition coefficient (Wildman–Crippen LogP) is 0.404. The summed E-state index contributed by atoms with van der Waals surface area (Å²) in [6.45, 7) is 3.75. The minimum atomic E-state index is -1.29. The third-order valence-corrected chi connectivity index (χ3v) is 5.09. The van der Waals surface area contributed by atoms with Crippen molar-refractivity contribution in [2.75, 3.05) is 0 Å². The number of carboxylic acids is 1. The van der Waals surface area contributed by atoms with Gasteiger partial charge in [0.05, 0.1) is 6.04 Å². The molecule has 32 heavy (non-hydrogen) atoms. The van der Waals surface area contributed by atoms with Crippen LogP contribution in [0.5, 0.6) is 0 Å². The standard InChI is InChI=1S/C22H31N5O5/c1-12(2)9-18(21(30)26-17(22(31)32)7-8-19(24)28)27-20(29)15(23)10-13-11-25-16-6-4-3-5-14(13)16/h3-6,11-12,15,17-18,25H,7-10,23H2,1-2H3,(H2,24,28)(H,26,30)(H,27,29)(H,31,32). The van der Waals surface area contributed by atoms with Crippen LogP contribution in [-0.2, 0) is 25.6 Å². The Morgan fingerprint density at radius 1 is 1.06 bits per heavy atom. The molecule has 0 radical (unpaired) electrons. The molecule has 0 saturated carbocycles. The minimum Gasteiger partial charge on any atom is -0.480 e. The first-order valence-corrected chi connectivity index (χ1v) is 10.5. The largest absolute Gasteiger partial charge is 0.480 e. The first-order valence-electron chi connectivity index (χ1n) is 10.5. The number of benzene rings is 1. The fraction of sp³-hybridized carbons (Fsp3) is 0.455. The van der Waals surface area contributed by atoms with Crippen LogP contribution >= 0.6 is 0 Å². The lowest BCUT2D eigenvalue weighted by Crippen LogP contribution is -2.55. The fourth-order valence-electron chi connectivity index (χ4n) is 3.43. The summed E-state index contributed by atoms with van der Waals surface area (Å²) in [7, 11) is 0. The van der Waals surface area contributed by atoms with Crippen LogP contribution in [0.25, 0.3) is 10.9 Å². The molecule has 1 aromatic heterocycles. The number of H-pyrrole nitrogens is 1. The van der Waals surface area contributed by atoms with E-state index in [0.29, 0.717) is 6.42 Å². The van der Waals surface area contributed by atoms with Crippen LogP contribution in [0, 0.1) is 5.92 Å². The Hall–Kier alpha value is -3.40. The van der Waals surface area contributed by atoms with Crippen molar-refractivity contribution in [1.82, 2.24) is 15.6 Å². The number of aliphatic carboxylic acids is 1. The number of hydrogen-bond acceptors (Lipinski definition) is 5. The van der Waals surface area contributed by atoms with Crippen molar-refractivity contribution in [1.29, 1.82) is 0 Å².